The summed E-state index contributed by atoms with van der Waals surface area (Å²) >= 11 is 0. The third kappa shape index (κ3) is 5.25. The molecule has 11 heavy (non-hydrogen) atoms. The Labute approximate surface area is 70.8 Å². The van der Waals surface area contributed by atoms with E-state index in [2.05, 4.69) is 27.7 Å². The smallest absolute Gasteiger partial charge is 0.0545 e. The van der Waals surface area contributed by atoms with Crippen molar-refractivity contribution in [2.24, 2.45) is 5.41 Å². The standard InChI is InChI=1S/C10H22O/c1-5-7-9(11)8-10(3,4)6-2/h9,11H,5-8H2,1-4H3. The first-order valence-corrected chi connectivity index (χ1v) is 4.70. The molecule has 0 spiro atoms. The molecule has 0 aliphatic rings. The Kier molecular flexibility index (Phi) is 4.74. The lowest BCUT2D eigenvalue weighted by Gasteiger charge is -2.25. The van der Waals surface area contributed by atoms with Crippen molar-refractivity contribution < 1.29 is 5.11 Å². The zero-order chi connectivity index (χ0) is 8.91. The Morgan fingerprint density at radius 2 is 1.82 bits per heavy atom. The van der Waals surface area contributed by atoms with Crippen molar-refractivity contribution in [1.29, 1.82) is 0 Å². The topological polar surface area (TPSA) is 20.2 Å². The maximum Gasteiger partial charge on any atom is 0.0545 e. The van der Waals surface area contributed by atoms with Gasteiger partial charge in [-0.25, -0.2) is 0 Å². The van der Waals surface area contributed by atoms with E-state index in [1.54, 1.807) is 0 Å². The molecule has 0 fully saturated rings. The average Bonchev–Trinajstić information content (AvgIpc) is 1.87. The van der Waals surface area contributed by atoms with Gasteiger partial charge in [0.1, 0.15) is 0 Å². The predicted octanol–water partition coefficient (Wildman–Crippen LogP) is 2.97. The molecule has 0 heterocycles. The second-order valence-corrected chi connectivity index (χ2v) is 4.16. The van der Waals surface area contributed by atoms with Crippen LogP contribution in [0.2, 0.25) is 0 Å². The van der Waals surface area contributed by atoms with Crippen molar-refractivity contribution in [3.05, 3.63) is 0 Å². The maximum atomic E-state index is 9.52. The van der Waals surface area contributed by atoms with Crippen molar-refractivity contribution in [2.45, 2.75) is 59.5 Å². The van der Waals surface area contributed by atoms with Crippen LogP contribution in [-0.2, 0) is 0 Å². The predicted molar refractivity (Wildman–Crippen MR) is 49.6 cm³/mol. The lowest BCUT2D eigenvalue weighted by Crippen LogP contribution is -2.19. The average molecular weight is 158 g/mol. The summed E-state index contributed by atoms with van der Waals surface area (Å²) < 4.78 is 0. The highest BCUT2D eigenvalue weighted by molar-refractivity contribution is 4.70. The Hall–Kier alpha value is -0.0400. The van der Waals surface area contributed by atoms with Gasteiger partial charge < -0.3 is 5.11 Å². The number of aliphatic hydroxyl groups excluding tert-OH is 1. The molecule has 1 N–H and O–H groups in total. The van der Waals surface area contributed by atoms with Gasteiger partial charge in [0.05, 0.1) is 6.10 Å². The molecule has 0 aliphatic carbocycles. The first kappa shape index (κ1) is 11.0. The van der Waals surface area contributed by atoms with E-state index in [9.17, 15) is 5.11 Å². The lowest BCUT2D eigenvalue weighted by atomic mass is 9.83. The largest absolute Gasteiger partial charge is 0.393 e. The van der Waals surface area contributed by atoms with Crippen molar-refractivity contribution >= 4 is 0 Å². The normalized spacial score (nSPS) is 15.0. The van der Waals surface area contributed by atoms with E-state index in [1.807, 2.05) is 0 Å². The molecule has 68 valence electrons. The van der Waals surface area contributed by atoms with Gasteiger partial charge in [-0.3, -0.25) is 0 Å². The molecule has 1 unspecified atom stereocenters. The Balaban J connectivity index is 3.64. The van der Waals surface area contributed by atoms with Crippen LogP contribution in [0.4, 0.5) is 0 Å². The summed E-state index contributed by atoms with van der Waals surface area (Å²) in [6.45, 7) is 8.72. The highest BCUT2D eigenvalue weighted by Crippen LogP contribution is 2.27. The van der Waals surface area contributed by atoms with Crippen molar-refractivity contribution in [3.8, 4) is 0 Å². The molecule has 0 aromatic heterocycles. The summed E-state index contributed by atoms with van der Waals surface area (Å²) in [7, 11) is 0. The van der Waals surface area contributed by atoms with Gasteiger partial charge in [0.15, 0.2) is 0 Å². The summed E-state index contributed by atoms with van der Waals surface area (Å²) in [6, 6.07) is 0. The van der Waals surface area contributed by atoms with Crippen LogP contribution < -0.4 is 0 Å². The van der Waals surface area contributed by atoms with E-state index < -0.39 is 0 Å². The fourth-order valence-corrected chi connectivity index (χ4v) is 1.22. The molecule has 0 saturated carbocycles. The van der Waals surface area contributed by atoms with Crippen LogP contribution in [-0.4, -0.2) is 11.2 Å². The lowest BCUT2D eigenvalue weighted by molar-refractivity contribution is 0.103. The zero-order valence-corrected chi connectivity index (χ0v) is 8.35. The number of hydrogen-bond donors (Lipinski definition) is 1. The van der Waals surface area contributed by atoms with Crippen LogP contribution in [0, 0.1) is 5.41 Å². The van der Waals surface area contributed by atoms with Crippen LogP contribution in [0.3, 0.4) is 0 Å². The van der Waals surface area contributed by atoms with Gasteiger partial charge in [-0.05, 0) is 18.3 Å². The van der Waals surface area contributed by atoms with Crippen LogP contribution >= 0.6 is 0 Å². The molecule has 0 aromatic rings. The first-order valence-electron chi connectivity index (χ1n) is 4.70. The molecule has 0 amide bonds. The number of aliphatic hydroxyl groups is 1. The second kappa shape index (κ2) is 4.76. The summed E-state index contributed by atoms with van der Waals surface area (Å²) in [5.41, 5.74) is 0.314. The van der Waals surface area contributed by atoms with Crippen molar-refractivity contribution in [2.75, 3.05) is 0 Å². The molecule has 1 atom stereocenters. The van der Waals surface area contributed by atoms with Gasteiger partial charge in [-0.15, -0.1) is 0 Å². The van der Waals surface area contributed by atoms with Gasteiger partial charge in [-0.2, -0.15) is 0 Å². The van der Waals surface area contributed by atoms with Gasteiger partial charge in [0.25, 0.3) is 0 Å². The molecule has 0 saturated heterocycles. The molecule has 0 bridgehead atoms. The van der Waals surface area contributed by atoms with E-state index in [0.717, 1.165) is 25.7 Å². The van der Waals surface area contributed by atoms with Crippen LogP contribution in [0.15, 0.2) is 0 Å². The minimum Gasteiger partial charge on any atom is -0.393 e. The minimum absolute atomic E-state index is 0.0880. The third-order valence-electron chi connectivity index (χ3n) is 2.37. The summed E-state index contributed by atoms with van der Waals surface area (Å²) in [5, 5.41) is 9.52. The summed E-state index contributed by atoms with van der Waals surface area (Å²) in [6.07, 6.45) is 4.03. The summed E-state index contributed by atoms with van der Waals surface area (Å²) in [4.78, 5) is 0. The van der Waals surface area contributed by atoms with E-state index in [-0.39, 0.29) is 6.10 Å². The van der Waals surface area contributed by atoms with Crippen molar-refractivity contribution in [3.63, 3.8) is 0 Å². The molecule has 0 aliphatic heterocycles. The van der Waals surface area contributed by atoms with E-state index in [1.165, 1.54) is 0 Å². The van der Waals surface area contributed by atoms with Crippen LogP contribution in [0.25, 0.3) is 0 Å². The fraction of sp³-hybridized carbons (Fsp3) is 1.00. The molecular weight excluding hydrogens is 136 g/mol. The quantitative estimate of drug-likeness (QED) is 0.652. The number of hydrogen-bond acceptors (Lipinski definition) is 1. The molecule has 1 heteroatoms. The van der Waals surface area contributed by atoms with Crippen LogP contribution in [0.1, 0.15) is 53.4 Å². The Morgan fingerprint density at radius 1 is 1.27 bits per heavy atom. The Bertz CT molecular complexity index is 97.0. The monoisotopic (exact) mass is 158 g/mol. The third-order valence-corrected chi connectivity index (χ3v) is 2.37. The Morgan fingerprint density at radius 3 is 2.18 bits per heavy atom. The van der Waals surface area contributed by atoms with Crippen LogP contribution in [0.5, 0.6) is 0 Å². The first-order chi connectivity index (χ1) is 5.02. The minimum atomic E-state index is -0.0880. The highest BCUT2D eigenvalue weighted by Gasteiger charge is 2.19. The fourth-order valence-electron chi connectivity index (χ4n) is 1.22. The van der Waals surface area contributed by atoms with Gasteiger partial charge in [0, 0.05) is 0 Å². The molecule has 1 nitrogen and oxygen atoms in total. The van der Waals surface area contributed by atoms with Gasteiger partial charge in [0.2, 0.25) is 0 Å². The van der Waals surface area contributed by atoms with Crippen molar-refractivity contribution in [1.82, 2.24) is 0 Å². The maximum absolute atomic E-state index is 9.52. The summed E-state index contributed by atoms with van der Waals surface area (Å²) in [5.74, 6) is 0. The van der Waals surface area contributed by atoms with E-state index >= 15 is 0 Å². The molecular formula is C10H22O. The SMILES string of the molecule is CCCC(O)CC(C)(C)CC. The van der Waals surface area contributed by atoms with E-state index in [0.29, 0.717) is 5.41 Å². The molecule has 0 radical (unpaired) electrons. The van der Waals surface area contributed by atoms with E-state index in [4.69, 9.17) is 0 Å². The zero-order valence-electron chi connectivity index (χ0n) is 8.35. The highest BCUT2D eigenvalue weighted by atomic mass is 16.3. The second-order valence-electron chi connectivity index (χ2n) is 4.16. The van der Waals surface area contributed by atoms with Gasteiger partial charge >= 0.3 is 0 Å². The number of rotatable bonds is 5. The molecule has 0 rings (SSSR count). The molecule has 0 aromatic carbocycles. The van der Waals surface area contributed by atoms with Gasteiger partial charge in [-0.1, -0.05) is 40.5 Å².